The number of halogens is 2. The first-order chi connectivity index (χ1) is 15.2. The van der Waals surface area contributed by atoms with Crippen molar-refractivity contribution in [2.24, 2.45) is 5.92 Å². The lowest BCUT2D eigenvalue weighted by atomic mass is 10.1. The molecule has 1 aliphatic rings. The summed E-state index contributed by atoms with van der Waals surface area (Å²) >= 11 is 11.7. The topological polar surface area (TPSA) is 105 Å². The zero-order valence-corrected chi connectivity index (χ0v) is 18.9. The van der Waals surface area contributed by atoms with Crippen molar-refractivity contribution < 1.29 is 23.9 Å². The molecule has 0 aliphatic carbocycles. The Morgan fingerprint density at radius 2 is 1.78 bits per heavy atom. The second-order valence-corrected chi connectivity index (χ2v) is 8.21. The highest BCUT2D eigenvalue weighted by Gasteiger charge is 2.36. The average molecular weight is 478 g/mol. The molecule has 2 aromatic rings. The number of amides is 3. The van der Waals surface area contributed by atoms with Gasteiger partial charge >= 0.3 is 5.97 Å². The minimum atomic E-state index is -0.801. The fourth-order valence-corrected chi connectivity index (χ4v) is 3.54. The van der Waals surface area contributed by atoms with E-state index in [0.717, 1.165) is 16.1 Å². The van der Waals surface area contributed by atoms with Crippen LogP contribution in [0.5, 0.6) is 0 Å². The molecule has 8 nitrogen and oxygen atoms in total. The number of ether oxygens (including phenoxy) is 1. The van der Waals surface area contributed by atoms with Crippen LogP contribution in [-0.2, 0) is 19.1 Å². The molecule has 168 valence electrons. The van der Waals surface area contributed by atoms with Crippen LogP contribution >= 0.6 is 23.2 Å². The van der Waals surface area contributed by atoms with Crippen LogP contribution in [0.3, 0.4) is 0 Å². The monoisotopic (exact) mass is 477 g/mol. The number of aryl methyl sites for hydroxylation is 2. The second kappa shape index (κ2) is 10.0. The van der Waals surface area contributed by atoms with Crippen LogP contribution in [0.15, 0.2) is 36.4 Å². The van der Waals surface area contributed by atoms with Crippen LogP contribution < -0.4 is 10.7 Å². The van der Waals surface area contributed by atoms with Gasteiger partial charge in [-0.1, -0.05) is 41.4 Å². The van der Waals surface area contributed by atoms with E-state index in [9.17, 15) is 19.2 Å². The predicted octanol–water partition coefficient (Wildman–Crippen LogP) is 3.29. The Morgan fingerprint density at radius 1 is 1.09 bits per heavy atom. The molecule has 2 aromatic carbocycles. The number of carbonyl (C=O) groups excluding carboxylic acids is 4. The molecule has 0 aromatic heterocycles. The molecule has 3 amide bonds. The first-order valence-electron chi connectivity index (χ1n) is 9.75. The summed E-state index contributed by atoms with van der Waals surface area (Å²) in [7, 11) is 0. The third kappa shape index (κ3) is 5.57. The van der Waals surface area contributed by atoms with Gasteiger partial charge < -0.3 is 10.1 Å². The third-order valence-corrected chi connectivity index (χ3v) is 5.71. The van der Waals surface area contributed by atoms with Gasteiger partial charge in [0.05, 0.1) is 22.5 Å². The molecule has 0 radical (unpaired) electrons. The molecule has 0 spiro atoms. The number of carbonyl (C=O) groups is 4. The van der Waals surface area contributed by atoms with Gasteiger partial charge in [0.15, 0.2) is 6.61 Å². The Kier molecular flexibility index (Phi) is 7.37. The number of hydrazine groups is 1. The van der Waals surface area contributed by atoms with Crippen molar-refractivity contribution in [3.63, 3.8) is 0 Å². The normalized spacial score (nSPS) is 15.4. The molecule has 1 fully saturated rings. The first kappa shape index (κ1) is 23.6. The van der Waals surface area contributed by atoms with Gasteiger partial charge in [0, 0.05) is 17.7 Å². The van der Waals surface area contributed by atoms with Crippen LogP contribution in [0.25, 0.3) is 0 Å². The number of benzene rings is 2. The summed E-state index contributed by atoms with van der Waals surface area (Å²) in [4.78, 5) is 49.1. The minimum Gasteiger partial charge on any atom is -0.455 e. The Morgan fingerprint density at radius 3 is 2.44 bits per heavy atom. The van der Waals surface area contributed by atoms with Gasteiger partial charge in [-0.3, -0.25) is 29.6 Å². The lowest BCUT2D eigenvalue weighted by Crippen LogP contribution is -2.43. The SMILES string of the molecule is Cc1cccc(C)c1NC(=O)COC(=O)[C@H]1CC(=O)N(NC(=O)c2ccc(Cl)c(Cl)c2)C1. The number of hydrogen-bond acceptors (Lipinski definition) is 5. The molecule has 0 bridgehead atoms. The van der Waals surface area contributed by atoms with Gasteiger partial charge in [0.25, 0.3) is 11.8 Å². The minimum absolute atomic E-state index is 0.0662. The molecule has 1 saturated heterocycles. The fourth-order valence-electron chi connectivity index (χ4n) is 3.24. The molecule has 3 rings (SSSR count). The summed E-state index contributed by atoms with van der Waals surface area (Å²) in [6, 6.07) is 9.90. The zero-order valence-electron chi connectivity index (χ0n) is 17.4. The lowest BCUT2D eigenvalue weighted by Gasteiger charge is -2.18. The highest BCUT2D eigenvalue weighted by Crippen LogP contribution is 2.23. The van der Waals surface area contributed by atoms with Gasteiger partial charge in [-0.15, -0.1) is 0 Å². The molecular weight excluding hydrogens is 457 g/mol. The predicted molar refractivity (Wildman–Crippen MR) is 119 cm³/mol. The Hall–Kier alpha value is -3.10. The van der Waals surface area contributed by atoms with Crippen LogP contribution in [0.2, 0.25) is 10.0 Å². The summed E-state index contributed by atoms with van der Waals surface area (Å²) in [6.07, 6.45) is -0.140. The Bertz CT molecular complexity index is 1070. The van der Waals surface area contributed by atoms with Crippen molar-refractivity contribution in [2.45, 2.75) is 20.3 Å². The molecule has 10 heteroatoms. The molecule has 1 atom stereocenters. The number of esters is 1. The molecule has 2 N–H and O–H groups in total. The molecule has 0 unspecified atom stereocenters. The van der Waals surface area contributed by atoms with Crippen LogP contribution in [-0.4, -0.2) is 41.9 Å². The van der Waals surface area contributed by atoms with Gasteiger partial charge in [-0.2, -0.15) is 0 Å². The van der Waals surface area contributed by atoms with Crippen molar-refractivity contribution in [2.75, 3.05) is 18.5 Å². The summed E-state index contributed by atoms with van der Waals surface area (Å²) in [5.41, 5.74) is 5.10. The average Bonchev–Trinajstić information content (AvgIpc) is 3.11. The molecular formula is C22H21Cl2N3O5. The second-order valence-electron chi connectivity index (χ2n) is 7.40. The Balaban J connectivity index is 1.51. The molecule has 32 heavy (non-hydrogen) atoms. The largest absolute Gasteiger partial charge is 0.455 e. The maximum absolute atomic E-state index is 12.4. The highest BCUT2D eigenvalue weighted by atomic mass is 35.5. The number of anilines is 1. The van der Waals surface area contributed by atoms with E-state index in [2.05, 4.69) is 10.7 Å². The summed E-state index contributed by atoms with van der Waals surface area (Å²) in [5, 5.41) is 4.27. The Labute approximate surface area is 194 Å². The van der Waals surface area contributed by atoms with Crippen molar-refractivity contribution >= 4 is 52.6 Å². The van der Waals surface area contributed by atoms with E-state index in [0.29, 0.717) is 10.7 Å². The highest BCUT2D eigenvalue weighted by molar-refractivity contribution is 6.42. The molecule has 0 saturated carbocycles. The van der Waals surface area contributed by atoms with Gasteiger partial charge in [0.1, 0.15) is 0 Å². The first-order valence-corrected chi connectivity index (χ1v) is 10.5. The molecule has 1 aliphatic heterocycles. The van der Waals surface area contributed by atoms with E-state index in [1.807, 2.05) is 32.0 Å². The van der Waals surface area contributed by atoms with Crippen LogP contribution in [0.4, 0.5) is 5.69 Å². The molecule has 1 heterocycles. The van der Waals surface area contributed by atoms with Crippen LogP contribution in [0, 0.1) is 19.8 Å². The zero-order chi connectivity index (χ0) is 23.4. The summed E-state index contributed by atoms with van der Waals surface area (Å²) < 4.78 is 5.08. The number of nitrogens with one attached hydrogen (secondary N) is 2. The van der Waals surface area contributed by atoms with Crippen molar-refractivity contribution in [3.05, 3.63) is 63.1 Å². The number of nitrogens with zero attached hydrogens (tertiary/aromatic N) is 1. The maximum Gasteiger partial charge on any atom is 0.311 e. The van der Waals surface area contributed by atoms with E-state index < -0.39 is 36.2 Å². The van der Waals surface area contributed by atoms with Gasteiger partial charge in [-0.05, 0) is 43.2 Å². The van der Waals surface area contributed by atoms with E-state index in [4.69, 9.17) is 27.9 Å². The van der Waals surface area contributed by atoms with E-state index in [1.165, 1.54) is 18.2 Å². The van der Waals surface area contributed by atoms with Crippen LogP contribution in [0.1, 0.15) is 27.9 Å². The van der Waals surface area contributed by atoms with Crippen molar-refractivity contribution in [1.29, 1.82) is 0 Å². The summed E-state index contributed by atoms with van der Waals surface area (Å²) in [5.74, 6) is -2.99. The van der Waals surface area contributed by atoms with E-state index >= 15 is 0 Å². The fraction of sp³-hybridized carbons (Fsp3) is 0.273. The maximum atomic E-state index is 12.4. The van der Waals surface area contributed by atoms with Crippen molar-refractivity contribution in [1.82, 2.24) is 10.4 Å². The number of para-hydroxylation sites is 1. The quantitative estimate of drug-likeness (QED) is 0.621. The lowest BCUT2D eigenvalue weighted by molar-refractivity contribution is -0.151. The number of hydrogen-bond donors (Lipinski definition) is 2. The number of rotatable bonds is 6. The third-order valence-electron chi connectivity index (χ3n) is 4.97. The standard InChI is InChI=1S/C22H21Cl2N3O5/c1-12-4-3-5-13(2)20(12)25-18(28)11-32-22(31)15-9-19(29)27(10-15)26-21(30)14-6-7-16(23)17(24)8-14/h3-8,15H,9-11H2,1-2H3,(H,25,28)(H,26,30)/t15-/m0/s1. The van der Waals surface area contributed by atoms with Gasteiger partial charge in [0.2, 0.25) is 5.91 Å². The van der Waals surface area contributed by atoms with Crippen molar-refractivity contribution in [3.8, 4) is 0 Å². The van der Waals surface area contributed by atoms with Gasteiger partial charge in [-0.25, -0.2) is 0 Å². The van der Waals surface area contributed by atoms with E-state index in [1.54, 1.807) is 0 Å². The summed E-state index contributed by atoms with van der Waals surface area (Å²) in [6.45, 7) is 3.18. The van der Waals surface area contributed by atoms with E-state index in [-0.39, 0.29) is 23.6 Å². The smallest absolute Gasteiger partial charge is 0.311 e.